The van der Waals surface area contributed by atoms with Crippen molar-refractivity contribution in [3.8, 4) is 0 Å². The van der Waals surface area contributed by atoms with Gasteiger partial charge in [-0.15, -0.1) is 0 Å². The van der Waals surface area contributed by atoms with E-state index in [1.807, 2.05) is 18.2 Å². The number of esters is 1. The molecule has 3 rings (SSSR count). The minimum absolute atomic E-state index is 0.0656. The summed E-state index contributed by atoms with van der Waals surface area (Å²) < 4.78 is 5.84. The number of aromatic nitrogens is 1. The Bertz CT molecular complexity index is 603. The van der Waals surface area contributed by atoms with Crippen molar-refractivity contribution in [2.75, 3.05) is 0 Å². The van der Waals surface area contributed by atoms with Gasteiger partial charge in [-0.1, -0.05) is 24.1 Å². The van der Waals surface area contributed by atoms with E-state index in [1.54, 1.807) is 6.20 Å². The van der Waals surface area contributed by atoms with Crippen LogP contribution in [0, 0.1) is 11.3 Å². The molecule has 3 atom stereocenters. The lowest BCUT2D eigenvalue weighted by Gasteiger charge is -2.36. The third-order valence-electron chi connectivity index (χ3n) is 5.63. The minimum atomic E-state index is -0.365. The number of carbonyl (C=O) groups is 1. The monoisotopic (exact) mass is 285 g/mol. The number of hydrogen-bond donors (Lipinski definition) is 0. The SMILES string of the molecule is CC(C)=C1CC[C@@]2(C)OC(=O)[C@@H](Cc3ccccn3)[C@@]12C. The van der Waals surface area contributed by atoms with Gasteiger partial charge in [-0.3, -0.25) is 9.78 Å². The van der Waals surface area contributed by atoms with Crippen LogP contribution in [0.4, 0.5) is 0 Å². The first-order valence-corrected chi connectivity index (χ1v) is 7.68. The third-order valence-corrected chi connectivity index (χ3v) is 5.63. The van der Waals surface area contributed by atoms with Crippen LogP contribution < -0.4 is 0 Å². The second kappa shape index (κ2) is 4.69. The molecule has 2 fully saturated rings. The number of hydrogen-bond acceptors (Lipinski definition) is 3. The second-order valence-electron chi connectivity index (χ2n) is 6.91. The Morgan fingerprint density at radius 2 is 2.14 bits per heavy atom. The fourth-order valence-corrected chi connectivity index (χ4v) is 4.25. The quantitative estimate of drug-likeness (QED) is 0.614. The second-order valence-corrected chi connectivity index (χ2v) is 6.91. The zero-order chi connectivity index (χ0) is 15.3. The molecule has 2 heterocycles. The molecule has 1 aromatic rings. The Balaban J connectivity index is 2.03. The van der Waals surface area contributed by atoms with E-state index >= 15 is 0 Å². The fraction of sp³-hybridized carbons (Fsp3) is 0.556. The third kappa shape index (κ3) is 1.94. The van der Waals surface area contributed by atoms with E-state index in [1.165, 1.54) is 11.1 Å². The van der Waals surface area contributed by atoms with Crippen molar-refractivity contribution in [1.29, 1.82) is 0 Å². The van der Waals surface area contributed by atoms with Gasteiger partial charge in [-0.2, -0.15) is 0 Å². The van der Waals surface area contributed by atoms with Crippen molar-refractivity contribution in [2.24, 2.45) is 11.3 Å². The zero-order valence-electron chi connectivity index (χ0n) is 13.3. The van der Waals surface area contributed by atoms with Gasteiger partial charge >= 0.3 is 5.97 Å². The zero-order valence-corrected chi connectivity index (χ0v) is 13.3. The topological polar surface area (TPSA) is 39.2 Å². The Morgan fingerprint density at radius 1 is 1.38 bits per heavy atom. The summed E-state index contributed by atoms with van der Waals surface area (Å²) in [4.78, 5) is 16.9. The van der Waals surface area contributed by atoms with Crippen molar-refractivity contribution in [3.05, 3.63) is 41.2 Å². The first-order valence-electron chi connectivity index (χ1n) is 7.68. The molecule has 0 unspecified atom stereocenters. The number of carbonyl (C=O) groups excluding carboxylic acids is 1. The fourth-order valence-electron chi connectivity index (χ4n) is 4.25. The largest absolute Gasteiger partial charge is 0.458 e. The van der Waals surface area contributed by atoms with Crippen molar-refractivity contribution in [2.45, 2.75) is 52.6 Å². The van der Waals surface area contributed by atoms with Gasteiger partial charge in [-0.05, 0) is 45.7 Å². The van der Waals surface area contributed by atoms with Crippen LogP contribution in [0.25, 0.3) is 0 Å². The van der Waals surface area contributed by atoms with Crippen molar-refractivity contribution in [3.63, 3.8) is 0 Å². The predicted molar refractivity (Wildman–Crippen MR) is 81.6 cm³/mol. The van der Waals surface area contributed by atoms with E-state index in [0.717, 1.165) is 18.5 Å². The maximum atomic E-state index is 12.5. The number of pyridine rings is 1. The first kappa shape index (κ1) is 14.3. The van der Waals surface area contributed by atoms with E-state index in [4.69, 9.17) is 4.74 Å². The van der Waals surface area contributed by atoms with Crippen LogP contribution in [0.15, 0.2) is 35.5 Å². The van der Waals surface area contributed by atoms with E-state index in [-0.39, 0.29) is 22.9 Å². The maximum absolute atomic E-state index is 12.5. The van der Waals surface area contributed by atoms with Crippen LogP contribution in [0.2, 0.25) is 0 Å². The minimum Gasteiger partial charge on any atom is -0.458 e. The average Bonchev–Trinajstić information content (AvgIpc) is 2.79. The molecule has 21 heavy (non-hydrogen) atoms. The lowest BCUT2D eigenvalue weighted by atomic mass is 9.65. The molecule has 0 N–H and O–H groups in total. The molecule has 0 spiro atoms. The van der Waals surface area contributed by atoms with Crippen LogP contribution in [-0.4, -0.2) is 16.6 Å². The number of ether oxygens (including phenoxy) is 1. The molecule has 3 heteroatoms. The molecule has 1 saturated carbocycles. The molecule has 1 aliphatic heterocycles. The van der Waals surface area contributed by atoms with Gasteiger partial charge in [0.2, 0.25) is 0 Å². The summed E-state index contributed by atoms with van der Waals surface area (Å²) >= 11 is 0. The van der Waals surface area contributed by atoms with Gasteiger partial charge in [0.15, 0.2) is 0 Å². The van der Waals surface area contributed by atoms with Crippen molar-refractivity contribution in [1.82, 2.24) is 4.98 Å². The highest BCUT2D eigenvalue weighted by atomic mass is 16.6. The predicted octanol–water partition coefficient (Wildman–Crippen LogP) is 3.69. The van der Waals surface area contributed by atoms with E-state index in [9.17, 15) is 4.79 Å². The normalized spacial score (nSPS) is 34.8. The van der Waals surface area contributed by atoms with Gasteiger partial charge in [0.25, 0.3) is 0 Å². The molecule has 1 saturated heterocycles. The molecule has 1 aliphatic carbocycles. The molecule has 1 aromatic heterocycles. The lowest BCUT2D eigenvalue weighted by Crippen LogP contribution is -2.40. The Kier molecular flexibility index (Phi) is 3.19. The number of allylic oxidation sites excluding steroid dienone is 1. The summed E-state index contributed by atoms with van der Waals surface area (Å²) in [5.41, 5.74) is 3.11. The molecule has 3 nitrogen and oxygen atoms in total. The first-order chi connectivity index (χ1) is 9.88. The molecule has 112 valence electrons. The Hall–Kier alpha value is -1.64. The van der Waals surface area contributed by atoms with Gasteiger partial charge in [0.05, 0.1) is 5.92 Å². The summed E-state index contributed by atoms with van der Waals surface area (Å²) in [5, 5.41) is 0. The summed E-state index contributed by atoms with van der Waals surface area (Å²) in [6, 6.07) is 5.86. The molecule has 2 aliphatic rings. The van der Waals surface area contributed by atoms with Crippen LogP contribution in [0.1, 0.15) is 46.2 Å². The lowest BCUT2D eigenvalue weighted by molar-refractivity contribution is -0.150. The van der Waals surface area contributed by atoms with Crippen molar-refractivity contribution < 1.29 is 9.53 Å². The van der Waals surface area contributed by atoms with Crippen molar-refractivity contribution >= 4 is 5.97 Å². The average molecular weight is 285 g/mol. The van der Waals surface area contributed by atoms with Gasteiger partial charge < -0.3 is 4.74 Å². The van der Waals surface area contributed by atoms with E-state index in [0.29, 0.717) is 6.42 Å². The molecule has 0 bridgehead atoms. The molecule has 0 aromatic carbocycles. The highest BCUT2D eigenvalue weighted by Crippen LogP contribution is 2.62. The Labute approximate surface area is 126 Å². The smallest absolute Gasteiger partial charge is 0.310 e. The summed E-state index contributed by atoms with van der Waals surface area (Å²) in [6.45, 7) is 8.60. The summed E-state index contributed by atoms with van der Waals surface area (Å²) in [5.74, 6) is -0.200. The number of fused-ring (bicyclic) bond motifs is 1. The highest BCUT2D eigenvalue weighted by molar-refractivity contribution is 5.79. The summed E-state index contributed by atoms with van der Waals surface area (Å²) in [6.07, 6.45) is 4.39. The summed E-state index contributed by atoms with van der Waals surface area (Å²) in [7, 11) is 0. The molecule has 0 amide bonds. The number of rotatable bonds is 2. The highest BCUT2D eigenvalue weighted by Gasteiger charge is 2.65. The van der Waals surface area contributed by atoms with E-state index < -0.39 is 0 Å². The molecular formula is C18H23NO2. The maximum Gasteiger partial charge on any atom is 0.310 e. The number of nitrogens with zero attached hydrogens (tertiary/aromatic N) is 1. The standard InChI is InChI=1S/C18H23NO2/c1-12(2)14-8-9-17(3)18(14,4)15(16(20)21-17)11-13-7-5-6-10-19-13/h5-7,10,15H,8-9,11H2,1-4H3/t15-,17-,18-/m1/s1. The molecular weight excluding hydrogens is 262 g/mol. The van der Waals surface area contributed by atoms with Gasteiger partial charge in [-0.25, -0.2) is 0 Å². The van der Waals surface area contributed by atoms with Gasteiger partial charge in [0, 0.05) is 23.7 Å². The van der Waals surface area contributed by atoms with Gasteiger partial charge in [0.1, 0.15) is 5.60 Å². The van der Waals surface area contributed by atoms with Crippen LogP contribution in [0.5, 0.6) is 0 Å². The van der Waals surface area contributed by atoms with Crippen LogP contribution in [-0.2, 0) is 16.0 Å². The van der Waals surface area contributed by atoms with Crippen LogP contribution in [0.3, 0.4) is 0 Å². The molecule has 0 radical (unpaired) electrons. The Morgan fingerprint density at radius 3 is 2.76 bits per heavy atom. The van der Waals surface area contributed by atoms with Crippen LogP contribution >= 0.6 is 0 Å². The van der Waals surface area contributed by atoms with E-state index in [2.05, 4.69) is 32.7 Å².